The summed E-state index contributed by atoms with van der Waals surface area (Å²) in [6.07, 6.45) is 3.14. The van der Waals surface area contributed by atoms with Crippen LogP contribution in [-0.4, -0.2) is 37.0 Å². The predicted octanol–water partition coefficient (Wildman–Crippen LogP) is 3.37. The summed E-state index contributed by atoms with van der Waals surface area (Å²) in [5, 5.41) is 3.37. The average molecular weight is 392 g/mol. The van der Waals surface area contributed by atoms with Gasteiger partial charge in [-0.3, -0.25) is 4.79 Å². The summed E-state index contributed by atoms with van der Waals surface area (Å²) in [6, 6.07) is 5.85. The van der Waals surface area contributed by atoms with Gasteiger partial charge in [0.2, 0.25) is 5.91 Å². The Hall–Kier alpha value is -0.780. The molecule has 6 heteroatoms. The van der Waals surface area contributed by atoms with Crippen molar-refractivity contribution in [2.24, 2.45) is 0 Å². The summed E-state index contributed by atoms with van der Waals surface area (Å²) in [6.45, 7) is 3.46. The molecule has 0 saturated carbocycles. The molecule has 22 heavy (non-hydrogen) atoms. The SMILES string of the molecule is COc1ccc(Br)cc1CN(C)C(=O)C1(C)CCCCN1.Cl. The lowest BCUT2D eigenvalue weighted by Crippen LogP contribution is -2.57. The normalized spacial score (nSPS) is 20.9. The average Bonchev–Trinajstić information content (AvgIpc) is 2.47. The second-order valence-corrected chi connectivity index (χ2v) is 6.75. The number of nitrogens with one attached hydrogen (secondary N) is 1. The fourth-order valence-electron chi connectivity index (χ4n) is 2.86. The molecule has 4 nitrogen and oxygen atoms in total. The molecule has 1 fully saturated rings. The van der Waals surface area contributed by atoms with Gasteiger partial charge in [0.15, 0.2) is 0 Å². The fraction of sp³-hybridized carbons (Fsp3) is 0.562. The summed E-state index contributed by atoms with van der Waals surface area (Å²) in [5.74, 6) is 0.948. The molecule has 1 aliphatic rings. The summed E-state index contributed by atoms with van der Waals surface area (Å²) >= 11 is 3.47. The molecule has 1 amide bonds. The van der Waals surface area contributed by atoms with Crippen molar-refractivity contribution in [3.63, 3.8) is 0 Å². The van der Waals surface area contributed by atoms with Crippen LogP contribution in [0.25, 0.3) is 0 Å². The first-order valence-electron chi connectivity index (χ1n) is 7.29. The highest BCUT2D eigenvalue weighted by molar-refractivity contribution is 9.10. The monoisotopic (exact) mass is 390 g/mol. The number of hydrogen-bond donors (Lipinski definition) is 1. The highest BCUT2D eigenvalue weighted by Gasteiger charge is 2.36. The molecule has 0 bridgehead atoms. The maximum absolute atomic E-state index is 12.7. The number of methoxy groups -OCH3 is 1. The maximum Gasteiger partial charge on any atom is 0.242 e. The first-order chi connectivity index (χ1) is 9.96. The summed E-state index contributed by atoms with van der Waals surface area (Å²) in [4.78, 5) is 14.5. The van der Waals surface area contributed by atoms with E-state index in [1.165, 1.54) is 0 Å². The predicted molar refractivity (Wildman–Crippen MR) is 94.7 cm³/mol. The molecule has 1 unspecified atom stereocenters. The molecule has 0 radical (unpaired) electrons. The van der Waals surface area contributed by atoms with Crippen LogP contribution >= 0.6 is 28.3 Å². The van der Waals surface area contributed by atoms with Gasteiger partial charge in [-0.15, -0.1) is 12.4 Å². The van der Waals surface area contributed by atoms with Crippen LogP contribution in [0.5, 0.6) is 5.75 Å². The summed E-state index contributed by atoms with van der Waals surface area (Å²) in [7, 11) is 3.50. The number of carbonyl (C=O) groups is 1. The second kappa shape index (κ2) is 8.18. The van der Waals surface area contributed by atoms with E-state index in [1.807, 2.05) is 32.2 Å². The van der Waals surface area contributed by atoms with Crippen molar-refractivity contribution in [3.8, 4) is 5.75 Å². The Bertz CT molecular complexity index is 519. The molecule has 0 spiro atoms. The molecule has 1 saturated heterocycles. The lowest BCUT2D eigenvalue weighted by atomic mass is 9.89. The van der Waals surface area contributed by atoms with Crippen molar-refractivity contribution >= 4 is 34.2 Å². The zero-order chi connectivity index (χ0) is 15.5. The topological polar surface area (TPSA) is 41.6 Å². The molecular formula is C16H24BrClN2O2. The smallest absolute Gasteiger partial charge is 0.242 e. The van der Waals surface area contributed by atoms with Crippen LogP contribution in [-0.2, 0) is 11.3 Å². The van der Waals surface area contributed by atoms with Gasteiger partial charge in [0.1, 0.15) is 5.75 Å². The lowest BCUT2D eigenvalue weighted by molar-refractivity contribution is -0.137. The van der Waals surface area contributed by atoms with E-state index in [4.69, 9.17) is 4.74 Å². The highest BCUT2D eigenvalue weighted by Crippen LogP contribution is 2.26. The second-order valence-electron chi connectivity index (χ2n) is 5.83. The Labute approximate surface area is 147 Å². The Morgan fingerprint density at radius 1 is 1.45 bits per heavy atom. The third kappa shape index (κ3) is 4.37. The number of benzene rings is 1. The Kier molecular flexibility index (Phi) is 7.16. The van der Waals surface area contributed by atoms with Crippen LogP contribution in [0.2, 0.25) is 0 Å². The van der Waals surface area contributed by atoms with E-state index < -0.39 is 5.54 Å². The lowest BCUT2D eigenvalue weighted by Gasteiger charge is -2.36. The van der Waals surface area contributed by atoms with Gasteiger partial charge in [0.05, 0.1) is 12.6 Å². The van der Waals surface area contributed by atoms with Crippen LogP contribution < -0.4 is 10.1 Å². The Morgan fingerprint density at radius 2 is 2.18 bits per heavy atom. The van der Waals surface area contributed by atoms with Gasteiger partial charge < -0.3 is 15.0 Å². The van der Waals surface area contributed by atoms with Crippen LogP contribution in [0.1, 0.15) is 31.7 Å². The zero-order valence-corrected chi connectivity index (χ0v) is 15.7. The van der Waals surface area contributed by atoms with Crippen LogP contribution in [0.4, 0.5) is 0 Å². The molecule has 1 heterocycles. The number of halogens is 2. The molecule has 1 aliphatic heterocycles. The minimum absolute atomic E-state index is 0. The quantitative estimate of drug-likeness (QED) is 0.855. The standard InChI is InChI=1S/C16H23BrN2O2.ClH/c1-16(8-4-5-9-18-16)15(20)19(2)11-12-10-13(17)6-7-14(12)21-3;/h6-7,10,18H,4-5,8-9,11H2,1-3H3;1H. The molecule has 1 N–H and O–H groups in total. The molecule has 1 aromatic carbocycles. The van der Waals surface area contributed by atoms with Crippen molar-refractivity contribution in [2.75, 3.05) is 20.7 Å². The molecule has 0 aliphatic carbocycles. The fourth-order valence-corrected chi connectivity index (χ4v) is 3.27. The molecule has 2 rings (SSSR count). The number of nitrogens with zero attached hydrogens (tertiary/aromatic N) is 1. The highest BCUT2D eigenvalue weighted by atomic mass is 79.9. The first kappa shape index (κ1) is 19.3. The molecule has 124 valence electrons. The van der Waals surface area contributed by atoms with Gasteiger partial charge in [-0.05, 0) is 50.9 Å². The first-order valence-corrected chi connectivity index (χ1v) is 8.08. The van der Waals surface area contributed by atoms with E-state index in [9.17, 15) is 4.79 Å². The number of piperidine rings is 1. The number of hydrogen-bond acceptors (Lipinski definition) is 3. The maximum atomic E-state index is 12.7. The van der Waals surface area contributed by atoms with Crippen molar-refractivity contribution < 1.29 is 9.53 Å². The number of carbonyl (C=O) groups excluding carboxylic acids is 1. The van der Waals surface area contributed by atoms with Gasteiger partial charge in [-0.2, -0.15) is 0 Å². The van der Waals surface area contributed by atoms with Gasteiger partial charge in [0, 0.05) is 23.6 Å². The number of likely N-dealkylation sites (N-methyl/N-ethyl adjacent to an activating group) is 1. The summed E-state index contributed by atoms with van der Waals surface area (Å²) in [5.41, 5.74) is 0.564. The van der Waals surface area contributed by atoms with Gasteiger partial charge >= 0.3 is 0 Å². The van der Waals surface area contributed by atoms with Crippen molar-refractivity contribution in [2.45, 2.75) is 38.3 Å². The van der Waals surface area contributed by atoms with Gasteiger partial charge in [-0.25, -0.2) is 0 Å². The Balaban J connectivity index is 0.00000242. The van der Waals surface area contributed by atoms with Crippen molar-refractivity contribution in [1.82, 2.24) is 10.2 Å². The minimum Gasteiger partial charge on any atom is -0.496 e. The van der Waals surface area contributed by atoms with Crippen LogP contribution in [0.3, 0.4) is 0 Å². The van der Waals surface area contributed by atoms with E-state index in [0.29, 0.717) is 6.54 Å². The summed E-state index contributed by atoms with van der Waals surface area (Å²) < 4.78 is 6.36. The third-order valence-electron chi connectivity index (χ3n) is 4.09. The van der Waals surface area contributed by atoms with Crippen molar-refractivity contribution in [3.05, 3.63) is 28.2 Å². The van der Waals surface area contributed by atoms with Gasteiger partial charge in [-0.1, -0.05) is 15.9 Å². The minimum atomic E-state index is -0.438. The number of amides is 1. The Morgan fingerprint density at radius 3 is 2.77 bits per heavy atom. The number of ether oxygens (including phenoxy) is 1. The van der Waals surface area contributed by atoms with E-state index in [2.05, 4.69) is 21.2 Å². The third-order valence-corrected chi connectivity index (χ3v) is 4.58. The van der Waals surface area contributed by atoms with E-state index >= 15 is 0 Å². The molecule has 1 atom stereocenters. The number of rotatable bonds is 4. The van der Waals surface area contributed by atoms with E-state index in [0.717, 1.165) is 41.6 Å². The van der Waals surface area contributed by atoms with Crippen LogP contribution in [0, 0.1) is 0 Å². The van der Waals surface area contributed by atoms with Crippen LogP contribution in [0.15, 0.2) is 22.7 Å². The molecular weight excluding hydrogens is 368 g/mol. The molecule has 0 aromatic heterocycles. The largest absolute Gasteiger partial charge is 0.496 e. The van der Waals surface area contributed by atoms with E-state index in [1.54, 1.807) is 12.0 Å². The molecule has 1 aromatic rings. The zero-order valence-electron chi connectivity index (χ0n) is 13.3. The van der Waals surface area contributed by atoms with Crippen molar-refractivity contribution in [1.29, 1.82) is 0 Å². The van der Waals surface area contributed by atoms with Gasteiger partial charge in [0.25, 0.3) is 0 Å². The van der Waals surface area contributed by atoms with E-state index in [-0.39, 0.29) is 18.3 Å².